The van der Waals surface area contributed by atoms with Crippen LogP contribution in [0.3, 0.4) is 0 Å². The third-order valence-electron chi connectivity index (χ3n) is 3.55. The summed E-state index contributed by atoms with van der Waals surface area (Å²) in [4.78, 5) is 23.9. The molecule has 132 valence electrons. The molecule has 2 aromatic carbocycles. The van der Waals surface area contributed by atoms with Crippen molar-refractivity contribution in [2.75, 3.05) is 17.7 Å². The number of methoxy groups -OCH3 is 1. The maximum absolute atomic E-state index is 13.7. The number of halogens is 1. The zero-order valence-electron chi connectivity index (χ0n) is 13.9. The average molecular weight is 346 g/mol. The van der Waals surface area contributed by atoms with Gasteiger partial charge in [-0.2, -0.15) is 0 Å². The van der Waals surface area contributed by atoms with Gasteiger partial charge >= 0.3 is 0 Å². The molecule has 2 aromatic rings. The Balaban J connectivity index is 2.22. The van der Waals surface area contributed by atoms with Gasteiger partial charge < -0.3 is 20.5 Å². The van der Waals surface area contributed by atoms with Gasteiger partial charge in [0.2, 0.25) is 5.91 Å². The number of carbonyl (C=O) groups excluding carboxylic acids is 2. The SMILES string of the molecule is CCC(=O)Nc1cc(C(=O)Nc2ccc(OC)c(F)c2)ccc1CO. The zero-order valence-corrected chi connectivity index (χ0v) is 13.9. The van der Waals surface area contributed by atoms with Gasteiger partial charge in [0, 0.05) is 35.0 Å². The molecule has 2 amide bonds. The number of aliphatic hydroxyl groups excluding tert-OH is 1. The predicted molar refractivity (Wildman–Crippen MR) is 92.2 cm³/mol. The van der Waals surface area contributed by atoms with E-state index in [9.17, 15) is 19.1 Å². The molecule has 0 radical (unpaired) electrons. The minimum atomic E-state index is -0.591. The monoisotopic (exact) mass is 346 g/mol. The average Bonchev–Trinajstić information content (AvgIpc) is 2.61. The molecule has 0 aliphatic rings. The van der Waals surface area contributed by atoms with Crippen molar-refractivity contribution in [2.24, 2.45) is 0 Å². The molecule has 0 atom stereocenters. The molecule has 0 unspecified atom stereocenters. The maximum atomic E-state index is 13.7. The second kappa shape index (κ2) is 8.25. The van der Waals surface area contributed by atoms with Crippen LogP contribution in [-0.4, -0.2) is 24.0 Å². The number of hydrogen-bond acceptors (Lipinski definition) is 4. The van der Waals surface area contributed by atoms with Crippen LogP contribution in [0.1, 0.15) is 29.3 Å². The standard InChI is InChI=1S/C18H19FN2O4/c1-3-17(23)21-15-8-11(4-5-12(15)10-22)18(24)20-13-6-7-16(25-2)14(19)9-13/h4-9,22H,3,10H2,1-2H3,(H,20,24)(H,21,23). The number of nitrogens with one attached hydrogen (secondary N) is 2. The van der Waals surface area contributed by atoms with Crippen LogP contribution in [0.5, 0.6) is 5.75 Å². The van der Waals surface area contributed by atoms with Crippen LogP contribution in [0, 0.1) is 5.82 Å². The number of hydrogen-bond donors (Lipinski definition) is 3. The van der Waals surface area contributed by atoms with Crippen LogP contribution in [0.25, 0.3) is 0 Å². The lowest BCUT2D eigenvalue weighted by Gasteiger charge is -2.12. The first kappa shape index (κ1) is 18.4. The minimum absolute atomic E-state index is 0.0786. The van der Waals surface area contributed by atoms with Crippen LogP contribution in [-0.2, 0) is 11.4 Å². The number of ether oxygens (including phenoxy) is 1. The summed E-state index contributed by atoms with van der Waals surface area (Å²) in [6, 6.07) is 8.61. The summed E-state index contributed by atoms with van der Waals surface area (Å²) < 4.78 is 18.5. The third-order valence-corrected chi connectivity index (χ3v) is 3.55. The Kier molecular flexibility index (Phi) is 6.08. The smallest absolute Gasteiger partial charge is 0.255 e. The summed E-state index contributed by atoms with van der Waals surface area (Å²) in [7, 11) is 1.35. The van der Waals surface area contributed by atoms with Crippen LogP contribution in [0.4, 0.5) is 15.8 Å². The summed E-state index contributed by atoms with van der Waals surface area (Å²) in [6.45, 7) is 1.42. The number of rotatable bonds is 6. The molecule has 0 aliphatic heterocycles. The van der Waals surface area contributed by atoms with E-state index in [0.717, 1.165) is 6.07 Å². The lowest BCUT2D eigenvalue weighted by atomic mass is 10.1. The van der Waals surface area contributed by atoms with E-state index in [1.165, 1.54) is 31.4 Å². The molecule has 0 aliphatic carbocycles. The molecule has 3 N–H and O–H groups in total. The summed E-state index contributed by atoms with van der Waals surface area (Å²) in [5.74, 6) is -1.22. The van der Waals surface area contributed by atoms with Crippen LogP contribution in [0.2, 0.25) is 0 Å². The van der Waals surface area contributed by atoms with Crippen molar-refractivity contribution in [1.29, 1.82) is 0 Å². The van der Waals surface area contributed by atoms with Crippen LogP contribution >= 0.6 is 0 Å². The number of aliphatic hydroxyl groups is 1. The fraction of sp³-hybridized carbons (Fsp3) is 0.222. The highest BCUT2D eigenvalue weighted by atomic mass is 19.1. The van der Waals surface area contributed by atoms with Crippen molar-refractivity contribution in [1.82, 2.24) is 0 Å². The van der Waals surface area contributed by atoms with Gasteiger partial charge in [0.05, 0.1) is 13.7 Å². The normalized spacial score (nSPS) is 10.2. The van der Waals surface area contributed by atoms with Gasteiger partial charge in [0.15, 0.2) is 11.6 Å². The van der Waals surface area contributed by atoms with Gasteiger partial charge in [-0.1, -0.05) is 13.0 Å². The summed E-state index contributed by atoms with van der Waals surface area (Å²) in [5, 5.41) is 14.6. The predicted octanol–water partition coefficient (Wildman–Crippen LogP) is 2.93. The molecule has 0 fully saturated rings. The molecule has 0 heterocycles. The summed E-state index contributed by atoms with van der Waals surface area (Å²) >= 11 is 0. The van der Waals surface area contributed by atoms with Crippen LogP contribution < -0.4 is 15.4 Å². The van der Waals surface area contributed by atoms with Crippen molar-refractivity contribution in [3.05, 3.63) is 53.3 Å². The molecule has 0 saturated carbocycles. The second-order valence-electron chi connectivity index (χ2n) is 5.24. The topological polar surface area (TPSA) is 87.7 Å². The first-order chi connectivity index (χ1) is 12.0. The molecule has 0 saturated heterocycles. The molecule has 0 bridgehead atoms. The zero-order chi connectivity index (χ0) is 18.4. The van der Waals surface area contributed by atoms with Gasteiger partial charge in [0.1, 0.15) is 0 Å². The molecular formula is C18H19FN2O4. The van der Waals surface area contributed by atoms with E-state index in [-0.39, 0.29) is 35.9 Å². The molecule has 0 aromatic heterocycles. The van der Waals surface area contributed by atoms with Gasteiger partial charge in [-0.25, -0.2) is 4.39 Å². The Morgan fingerprint density at radius 1 is 1.16 bits per heavy atom. The van der Waals surface area contributed by atoms with Crippen molar-refractivity contribution in [2.45, 2.75) is 20.0 Å². The number of benzene rings is 2. The van der Waals surface area contributed by atoms with E-state index in [4.69, 9.17) is 4.74 Å². The Morgan fingerprint density at radius 3 is 2.52 bits per heavy atom. The fourth-order valence-electron chi connectivity index (χ4n) is 2.16. The van der Waals surface area contributed by atoms with Gasteiger partial charge in [-0.05, 0) is 24.3 Å². The van der Waals surface area contributed by atoms with Gasteiger partial charge in [-0.3, -0.25) is 9.59 Å². The van der Waals surface area contributed by atoms with E-state index in [2.05, 4.69) is 10.6 Å². The van der Waals surface area contributed by atoms with E-state index < -0.39 is 11.7 Å². The Bertz CT molecular complexity index is 793. The lowest BCUT2D eigenvalue weighted by Crippen LogP contribution is -2.15. The van der Waals surface area contributed by atoms with E-state index in [1.54, 1.807) is 13.0 Å². The molecule has 7 heteroatoms. The maximum Gasteiger partial charge on any atom is 0.255 e. The van der Waals surface area contributed by atoms with Crippen molar-refractivity contribution in [3.8, 4) is 5.75 Å². The highest BCUT2D eigenvalue weighted by molar-refractivity contribution is 6.05. The molecule has 0 spiro atoms. The fourth-order valence-corrected chi connectivity index (χ4v) is 2.16. The number of amides is 2. The first-order valence-corrected chi connectivity index (χ1v) is 7.67. The Labute approximate surface area is 144 Å². The van der Waals surface area contributed by atoms with Gasteiger partial charge in [0.25, 0.3) is 5.91 Å². The van der Waals surface area contributed by atoms with Crippen molar-refractivity contribution >= 4 is 23.2 Å². The Hall–Kier alpha value is -2.93. The third kappa shape index (κ3) is 4.54. The molecule has 2 rings (SSSR count). The number of anilines is 2. The highest BCUT2D eigenvalue weighted by Gasteiger charge is 2.12. The highest BCUT2D eigenvalue weighted by Crippen LogP contribution is 2.22. The van der Waals surface area contributed by atoms with E-state index >= 15 is 0 Å². The Morgan fingerprint density at radius 2 is 1.92 bits per heavy atom. The lowest BCUT2D eigenvalue weighted by molar-refractivity contribution is -0.115. The minimum Gasteiger partial charge on any atom is -0.494 e. The van der Waals surface area contributed by atoms with E-state index in [1.807, 2.05) is 0 Å². The second-order valence-corrected chi connectivity index (χ2v) is 5.24. The summed E-state index contributed by atoms with van der Waals surface area (Å²) in [5.41, 5.74) is 1.39. The largest absolute Gasteiger partial charge is 0.494 e. The van der Waals surface area contributed by atoms with Crippen LogP contribution in [0.15, 0.2) is 36.4 Å². The van der Waals surface area contributed by atoms with E-state index in [0.29, 0.717) is 11.3 Å². The summed E-state index contributed by atoms with van der Waals surface area (Å²) in [6.07, 6.45) is 0.270. The molecule has 6 nitrogen and oxygen atoms in total. The van der Waals surface area contributed by atoms with Crippen molar-refractivity contribution < 1.29 is 23.8 Å². The number of carbonyl (C=O) groups is 2. The first-order valence-electron chi connectivity index (χ1n) is 7.67. The van der Waals surface area contributed by atoms with Gasteiger partial charge in [-0.15, -0.1) is 0 Å². The molecule has 25 heavy (non-hydrogen) atoms. The quantitative estimate of drug-likeness (QED) is 0.750. The van der Waals surface area contributed by atoms with Crippen molar-refractivity contribution in [3.63, 3.8) is 0 Å². The molecular weight excluding hydrogens is 327 g/mol.